The number of nitrogens with zero attached hydrogens (tertiary/aromatic N) is 4. The minimum atomic E-state index is -1.84. The van der Waals surface area contributed by atoms with Gasteiger partial charge in [-0.25, -0.2) is 14.3 Å². The maximum atomic E-state index is 11.6. The van der Waals surface area contributed by atoms with Gasteiger partial charge >= 0.3 is 5.97 Å². The number of aryl methyl sites for hydroxylation is 1. The van der Waals surface area contributed by atoms with Crippen molar-refractivity contribution in [3.8, 4) is 0 Å². The monoisotopic (exact) mass is 308 g/mol. The largest absolute Gasteiger partial charge is 0.478 e. The lowest BCUT2D eigenvalue weighted by atomic mass is 9.85. The third-order valence-corrected chi connectivity index (χ3v) is 4.29. The number of nitrogens with one attached hydrogen (secondary N) is 1. The van der Waals surface area contributed by atoms with Crippen LogP contribution in [-0.2, 0) is 17.1 Å². The normalized spacial score (nSPS) is 30.9. The third kappa shape index (κ3) is 1.66. The standard InChI is InChI=1S/C13H17N5O4/c1-4-17-5-14-7-8(17)15-6-18-9(7)16-12(2,11(20)21)10(19)13(18,3)22/h5-6,10,19,22H,4H2,1-3H3,(H,20,21)/p+1/t10-,12+,13-/m1/s1. The SMILES string of the molecule is CCn1cnc2c3[n+](cnc21)[C@](C)(O)[C@H](O)[C@@](C)(C(=O)O)N3. The number of fused-ring (bicyclic) bond motifs is 3. The molecule has 0 aliphatic carbocycles. The molecule has 0 amide bonds. The summed E-state index contributed by atoms with van der Waals surface area (Å²) in [5.41, 5.74) is -2.59. The van der Waals surface area contributed by atoms with Gasteiger partial charge in [-0.2, -0.15) is 0 Å². The predicted octanol–water partition coefficient (Wildman–Crippen LogP) is -0.967. The zero-order valence-electron chi connectivity index (χ0n) is 12.5. The zero-order chi connectivity index (χ0) is 16.3. The van der Waals surface area contributed by atoms with E-state index in [1.807, 2.05) is 6.92 Å². The van der Waals surface area contributed by atoms with Gasteiger partial charge in [0, 0.05) is 13.5 Å². The van der Waals surface area contributed by atoms with E-state index in [2.05, 4.69) is 15.3 Å². The molecule has 0 aromatic carbocycles. The van der Waals surface area contributed by atoms with Gasteiger partial charge in [0.05, 0.1) is 6.33 Å². The van der Waals surface area contributed by atoms with Crippen LogP contribution in [0.4, 0.5) is 5.82 Å². The van der Waals surface area contributed by atoms with E-state index in [1.54, 1.807) is 10.9 Å². The topological polar surface area (TPSA) is 124 Å². The maximum absolute atomic E-state index is 11.6. The molecule has 2 aromatic rings. The molecule has 9 nitrogen and oxygen atoms in total. The van der Waals surface area contributed by atoms with E-state index in [0.29, 0.717) is 23.5 Å². The molecule has 0 saturated heterocycles. The molecular weight excluding hydrogens is 290 g/mol. The molecule has 3 atom stereocenters. The van der Waals surface area contributed by atoms with Crippen LogP contribution in [0.25, 0.3) is 11.2 Å². The molecule has 1 aliphatic rings. The van der Waals surface area contributed by atoms with E-state index in [4.69, 9.17) is 0 Å². The minimum Gasteiger partial charge on any atom is -0.478 e. The van der Waals surface area contributed by atoms with Crippen LogP contribution in [0.15, 0.2) is 12.7 Å². The molecule has 1 aliphatic heterocycles. The Bertz CT molecular complexity index is 771. The summed E-state index contributed by atoms with van der Waals surface area (Å²) in [6.45, 7) is 5.25. The van der Waals surface area contributed by atoms with Crippen LogP contribution < -0.4 is 9.88 Å². The van der Waals surface area contributed by atoms with Gasteiger partial charge in [0.2, 0.25) is 23.2 Å². The second-order valence-electron chi connectivity index (χ2n) is 5.80. The molecule has 0 spiro atoms. The summed E-state index contributed by atoms with van der Waals surface area (Å²) in [6, 6.07) is 0. The number of carbonyl (C=O) groups is 1. The third-order valence-electron chi connectivity index (χ3n) is 4.29. The number of carboxylic acids is 1. The summed E-state index contributed by atoms with van der Waals surface area (Å²) in [5, 5.41) is 33.2. The van der Waals surface area contributed by atoms with Crippen molar-refractivity contribution in [2.24, 2.45) is 0 Å². The first-order chi connectivity index (χ1) is 10.2. The second-order valence-corrected chi connectivity index (χ2v) is 5.80. The highest BCUT2D eigenvalue weighted by atomic mass is 16.4. The number of aliphatic hydroxyl groups is 2. The Morgan fingerprint density at radius 2 is 2.18 bits per heavy atom. The summed E-state index contributed by atoms with van der Waals surface area (Å²) in [5.74, 6) is -0.969. The van der Waals surface area contributed by atoms with Gasteiger partial charge in [-0.3, -0.25) is 5.32 Å². The lowest BCUT2D eigenvalue weighted by Gasteiger charge is -2.41. The van der Waals surface area contributed by atoms with Crippen LogP contribution in [0.3, 0.4) is 0 Å². The summed E-state index contributed by atoms with van der Waals surface area (Å²) >= 11 is 0. The molecule has 0 unspecified atom stereocenters. The number of aliphatic hydroxyl groups excluding tert-OH is 1. The molecule has 118 valence electrons. The summed E-state index contributed by atoms with van der Waals surface area (Å²) in [4.78, 5) is 20.1. The fraction of sp³-hybridized carbons (Fsp3) is 0.538. The molecule has 0 fully saturated rings. The first-order valence-corrected chi connectivity index (χ1v) is 6.91. The molecule has 2 aromatic heterocycles. The fourth-order valence-corrected chi connectivity index (χ4v) is 2.82. The van der Waals surface area contributed by atoms with Crippen molar-refractivity contribution in [2.75, 3.05) is 5.32 Å². The fourth-order valence-electron chi connectivity index (χ4n) is 2.82. The van der Waals surface area contributed by atoms with Crippen LogP contribution in [-0.4, -0.2) is 47.5 Å². The number of anilines is 1. The Hall–Kier alpha value is -2.26. The van der Waals surface area contributed by atoms with Crippen molar-refractivity contribution in [1.29, 1.82) is 0 Å². The highest BCUT2D eigenvalue weighted by Crippen LogP contribution is 2.33. The number of hydrogen-bond donors (Lipinski definition) is 4. The number of carboxylic acid groups (broad SMARTS) is 1. The van der Waals surface area contributed by atoms with Gasteiger partial charge in [0.25, 0.3) is 5.82 Å². The smallest absolute Gasteiger partial charge is 0.346 e. The molecule has 9 heteroatoms. The predicted molar refractivity (Wildman–Crippen MR) is 74.9 cm³/mol. The van der Waals surface area contributed by atoms with Gasteiger partial charge in [-0.1, -0.05) is 4.98 Å². The second kappa shape index (κ2) is 4.37. The molecule has 4 N–H and O–H groups in total. The van der Waals surface area contributed by atoms with E-state index in [1.165, 1.54) is 24.7 Å². The van der Waals surface area contributed by atoms with Crippen molar-refractivity contribution in [2.45, 2.75) is 44.7 Å². The average Bonchev–Trinajstić information content (AvgIpc) is 2.88. The van der Waals surface area contributed by atoms with E-state index in [-0.39, 0.29) is 0 Å². The minimum absolute atomic E-state index is 0.303. The number of rotatable bonds is 2. The summed E-state index contributed by atoms with van der Waals surface area (Å²) < 4.78 is 3.10. The summed E-state index contributed by atoms with van der Waals surface area (Å²) in [6.07, 6.45) is 1.38. The highest BCUT2D eigenvalue weighted by Gasteiger charge is 2.59. The number of aromatic nitrogens is 4. The van der Waals surface area contributed by atoms with Gasteiger partial charge in [0.1, 0.15) is 0 Å². The first-order valence-electron chi connectivity index (χ1n) is 6.91. The van der Waals surface area contributed by atoms with Gasteiger partial charge < -0.3 is 19.9 Å². The van der Waals surface area contributed by atoms with Gasteiger partial charge in [-0.15, -0.1) is 0 Å². The van der Waals surface area contributed by atoms with Gasteiger partial charge in [-0.05, 0) is 13.8 Å². The number of hydrogen-bond acceptors (Lipinski definition) is 6. The Morgan fingerprint density at radius 3 is 2.77 bits per heavy atom. The molecule has 0 saturated carbocycles. The number of aliphatic carboxylic acids is 1. The van der Waals surface area contributed by atoms with Crippen molar-refractivity contribution >= 4 is 23.0 Å². The molecule has 22 heavy (non-hydrogen) atoms. The molecule has 0 radical (unpaired) electrons. The lowest BCUT2D eigenvalue weighted by molar-refractivity contribution is -0.807. The quantitative estimate of drug-likeness (QED) is 0.526. The molecular formula is C13H18N5O4+. The first kappa shape index (κ1) is 14.7. The van der Waals surface area contributed by atoms with Crippen molar-refractivity contribution in [1.82, 2.24) is 14.5 Å². The molecule has 3 rings (SSSR count). The van der Waals surface area contributed by atoms with E-state index in [0.717, 1.165) is 0 Å². The Balaban J connectivity index is 2.32. The van der Waals surface area contributed by atoms with Gasteiger partial charge in [0.15, 0.2) is 11.6 Å². The van der Waals surface area contributed by atoms with E-state index in [9.17, 15) is 20.1 Å². The maximum Gasteiger partial charge on any atom is 0.346 e. The summed E-state index contributed by atoms with van der Waals surface area (Å²) in [7, 11) is 0. The zero-order valence-corrected chi connectivity index (χ0v) is 12.5. The average molecular weight is 308 g/mol. The van der Waals surface area contributed by atoms with Crippen molar-refractivity contribution in [3.05, 3.63) is 12.7 Å². The van der Waals surface area contributed by atoms with E-state index >= 15 is 0 Å². The Labute approximate surface area is 125 Å². The van der Waals surface area contributed by atoms with Crippen molar-refractivity contribution in [3.63, 3.8) is 0 Å². The van der Waals surface area contributed by atoms with Crippen LogP contribution in [0.2, 0.25) is 0 Å². The Kier molecular flexibility index (Phi) is 2.91. The van der Waals surface area contributed by atoms with E-state index < -0.39 is 23.3 Å². The molecule has 3 heterocycles. The molecule has 0 bridgehead atoms. The Morgan fingerprint density at radius 1 is 1.50 bits per heavy atom. The lowest BCUT2D eigenvalue weighted by Crippen LogP contribution is -2.75. The van der Waals surface area contributed by atoms with Crippen molar-refractivity contribution < 1.29 is 24.7 Å². The number of imidazole rings is 1. The van der Waals surface area contributed by atoms with Crippen LogP contribution in [0, 0.1) is 0 Å². The highest BCUT2D eigenvalue weighted by molar-refractivity contribution is 5.88. The van der Waals surface area contributed by atoms with Crippen LogP contribution in [0.5, 0.6) is 0 Å². The van der Waals surface area contributed by atoms with Crippen LogP contribution >= 0.6 is 0 Å². The van der Waals surface area contributed by atoms with Crippen LogP contribution in [0.1, 0.15) is 20.8 Å².